The summed E-state index contributed by atoms with van der Waals surface area (Å²) in [5.74, 6) is 0. The molecule has 0 spiro atoms. The van der Waals surface area contributed by atoms with E-state index in [2.05, 4.69) is 36.2 Å². The maximum atomic E-state index is 2.65. The summed E-state index contributed by atoms with van der Waals surface area (Å²) in [6.07, 6.45) is 2.17. The van der Waals surface area contributed by atoms with Crippen molar-refractivity contribution in [3.63, 3.8) is 0 Å². The van der Waals surface area contributed by atoms with E-state index in [1.54, 1.807) is 0 Å². The fourth-order valence-electron chi connectivity index (χ4n) is 0.236. The molecule has 0 nitrogen and oxygen atoms in total. The summed E-state index contributed by atoms with van der Waals surface area (Å²) in [5, 5.41) is 1.09. The Morgan fingerprint density at radius 1 is 1.38 bits per heavy atom. The van der Waals surface area contributed by atoms with E-state index in [9.17, 15) is 0 Å². The van der Waals surface area contributed by atoms with Crippen LogP contribution in [0.2, 0.25) is 5.28 Å². The van der Waals surface area contributed by atoms with Gasteiger partial charge in [0.2, 0.25) is 0 Å². The van der Waals surface area contributed by atoms with Gasteiger partial charge in [0.15, 0.2) is 0 Å². The molecular weight excluding hydrogens is 158 g/mol. The molecule has 0 aromatic carbocycles. The van der Waals surface area contributed by atoms with E-state index in [0.29, 0.717) is 0 Å². The zero-order chi connectivity index (χ0) is 4.99. The number of allylic oxidation sites excluding steroid dienone is 2. The van der Waals surface area contributed by atoms with E-state index in [0.717, 1.165) is 5.28 Å². The van der Waals surface area contributed by atoms with Gasteiger partial charge in [-0.05, 0) is 0 Å². The van der Waals surface area contributed by atoms with Crippen LogP contribution in [0.1, 0.15) is 13.8 Å². The zero-order valence-electron chi connectivity index (χ0n) is 5.12. The Morgan fingerprint density at radius 2 is 1.75 bits per heavy atom. The van der Waals surface area contributed by atoms with E-state index in [4.69, 9.17) is 0 Å². The molecule has 0 aromatic rings. The van der Waals surface area contributed by atoms with Crippen LogP contribution in [-0.2, 0) is 0 Å². The van der Waals surface area contributed by atoms with Gasteiger partial charge in [0.25, 0.3) is 0 Å². The average molecular weight is 167 g/mol. The molecule has 0 bridgehead atoms. The first-order valence-corrected chi connectivity index (χ1v) is 2.92. The monoisotopic (exact) mass is 166 g/mol. The smallest absolute Gasteiger partial charge is 1.00 e. The van der Waals surface area contributed by atoms with Crippen molar-refractivity contribution in [2.75, 3.05) is 0 Å². The first-order chi connectivity index (χ1) is 2.77. The Kier molecular flexibility index (Phi) is 21.4. The van der Waals surface area contributed by atoms with Gasteiger partial charge in [-0.1, -0.05) is 0 Å². The minimum absolute atomic E-state index is 0. The predicted octanol–water partition coefficient (Wildman–Crippen LogP) is -4.45. The Hall–Kier alpha value is 0.852. The van der Waals surface area contributed by atoms with Crippen LogP contribution in [-0.4, -0.2) is 16.3 Å². The van der Waals surface area contributed by atoms with Gasteiger partial charge in [-0.15, -0.1) is 0 Å². The van der Waals surface area contributed by atoms with Crippen molar-refractivity contribution in [1.82, 2.24) is 0 Å². The number of hydrogen-bond acceptors (Lipinski definition) is 0. The molecule has 0 aliphatic rings. The fraction of sp³-hybridized carbons (Fsp3) is 0.600. The summed E-state index contributed by atoms with van der Waals surface area (Å²) in [6, 6.07) is 0. The summed E-state index contributed by atoms with van der Waals surface area (Å²) in [5.41, 5.74) is 1.39. The van der Waals surface area contributed by atoms with Crippen LogP contribution in [0.5, 0.6) is 0 Å². The molecule has 0 heterocycles. The molecule has 0 radical (unpaired) electrons. The molecule has 0 amide bonds. The van der Waals surface area contributed by atoms with Crippen molar-refractivity contribution < 1.29 is 24.8 Å². The van der Waals surface area contributed by atoms with Crippen LogP contribution in [0, 0.1) is 0 Å². The van der Waals surface area contributed by atoms with Crippen molar-refractivity contribution in [1.29, 1.82) is 0 Å². The molecule has 0 saturated heterocycles. The van der Waals surface area contributed by atoms with Gasteiger partial charge in [0.05, 0.1) is 0 Å². The third-order valence-corrected chi connectivity index (χ3v) is 0.762. The van der Waals surface area contributed by atoms with Gasteiger partial charge < -0.3 is 24.8 Å². The largest absolute Gasteiger partial charge is 1.00 e. The van der Waals surface area contributed by atoms with Crippen molar-refractivity contribution in [3.8, 4) is 0 Å². The van der Waals surface area contributed by atoms with Gasteiger partial charge >= 0.3 is 47.1 Å². The fourth-order valence-corrected chi connectivity index (χ4v) is 0.707. The van der Waals surface area contributed by atoms with E-state index in [-0.39, 0.29) is 24.8 Å². The molecule has 0 atom stereocenters. The molecule has 0 fully saturated rings. The Labute approximate surface area is 72.0 Å². The molecule has 0 aliphatic carbocycles. The second kappa shape index (κ2) is 10.8. The standard InChI is InChI=1S/C5H9.Al.2ClH/c1-4-5(2)3;;;/h4H,1H2,2-3H3;;2*1H/q;+2;;/p-2. The molecule has 0 unspecified atom stereocenters. The third kappa shape index (κ3) is 15.8. The quantitative estimate of drug-likeness (QED) is 0.273. The van der Waals surface area contributed by atoms with Crippen molar-refractivity contribution in [2.45, 2.75) is 19.1 Å². The summed E-state index contributed by atoms with van der Waals surface area (Å²) >= 11 is 2.65. The van der Waals surface area contributed by atoms with E-state index in [1.165, 1.54) is 5.57 Å². The van der Waals surface area contributed by atoms with Crippen LogP contribution < -0.4 is 24.8 Å². The number of hydrogen-bond donors (Lipinski definition) is 0. The Morgan fingerprint density at radius 3 is 1.75 bits per heavy atom. The summed E-state index contributed by atoms with van der Waals surface area (Å²) in [6.45, 7) is 4.20. The number of halogens is 2. The second-order valence-corrected chi connectivity index (χ2v) is 1.99. The topological polar surface area (TPSA) is 0 Å². The molecule has 0 N–H and O–H groups in total. The summed E-state index contributed by atoms with van der Waals surface area (Å²) < 4.78 is 0. The first-order valence-electron chi connectivity index (χ1n) is 2.11. The zero-order valence-corrected chi connectivity index (χ0v) is 7.78. The molecule has 0 saturated carbocycles. The summed E-state index contributed by atoms with van der Waals surface area (Å²) in [4.78, 5) is 0. The van der Waals surface area contributed by atoms with Crippen LogP contribution in [0.4, 0.5) is 0 Å². The van der Waals surface area contributed by atoms with Crippen LogP contribution >= 0.6 is 0 Å². The summed E-state index contributed by atoms with van der Waals surface area (Å²) in [7, 11) is 0. The van der Waals surface area contributed by atoms with Gasteiger partial charge in [-0.25, -0.2) is 0 Å². The third-order valence-electron chi connectivity index (χ3n) is 0.526. The van der Waals surface area contributed by atoms with Crippen molar-refractivity contribution in [2.24, 2.45) is 0 Å². The molecule has 46 valence electrons. The SMILES string of the molecule is CC(C)=C[CH2][Al+2].[Cl-].[Cl-]. The minimum Gasteiger partial charge on any atom is -1.00 e. The van der Waals surface area contributed by atoms with Crippen LogP contribution in [0.3, 0.4) is 0 Å². The predicted molar refractivity (Wildman–Crippen MR) is 30.0 cm³/mol. The Balaban J connectivity index is -0.000000125. The number of rotatable bonds is 1. The normalized spacial score (nSPS) is 6.00. The molecule has 0 rings (SSSR count). The minimum atomic E-state index is 0. The first kappa shape index (κ1) is 15.9. The molecule has 3 heteroatoms. The maximum absolute atomic E-state index is 2.65. The van der Waals surface area contributed by atoms with Crippen molar-refractivity contribution >= 4 is 16.3 Å². The van der Waals surface area contributed by atoms with Crippen molar-refractivity contribution in [3.05, 3.63) is 11.6 Å². The van der Waals surface area contributed by atoms with Crippen LogP contribution in [0.25, 0.3) is 0 Å². The van der Waals surface area contributed by atoms with Gasteiger partial charge in [0.1, 0.15) is 0 Å². The molecule has 0 aromatic heterocycles. The van der Waals surface area contributed by atoms with Crippen LogP contribution in [0.15, 0.2) is 11.6 Å². The van der Waals surface area contributed by atoms with Gasteiger partial charge in [-0.3, -0.25) is 0 Å². The molecular formula is C5H9AlCl2. The van der Waals surface area contributed by atoms with Gasteiger partial charge in [-0.2, -0.15) is 0 Å². The van der Waals surface area contributed by atoms with E-state index in [1.807, 2.05) is 0 Å². The maximum Gasteiger partial charge on any atom is -1.00 e. The van der Waals surface area contributed by atoms with E-state index < -0.39 is 0 Å². The average Bonchev–Trinajstić information content (AvgIpc) is 1.35. The Bertz CT molecular complexity index is 57.4. The van der Waals surface area contributed by atoms with E-state index >= 15 is 0 Å². The molecule has 0 aliphatic heterocycles. The second-order valence-electron chi connectivity index (χ2n) is 1.52. The molecule has 8 heavy (non-hydrogen) atoms. The van der Waals surface area contributed by atoms with Gasteiger partial charge in [0, 0.05) is 0 Å².